The molecule has 21 heavy (non-hydrogen) atoms. The van der Waals surface area contributed by atoms with Crippen LogP contribution in [-0.2, 0) is 6.54 Å². The molecule has 0 spiro atoms. The van der Waals surface area contributed by atoms with Gasteiger partial charge in [-0.2, -0.15) is 0 Å². The van der Waals surface area contributed by atoms with Crippen LogP contribution in [0.5, 0.6) is 0 Å². The largest absolute Gasteiger partial charge is 0.453 e. The third kappa shape index (κ3) is 2.60. The van der Waals surface area contributed by atoms with E-state index in [9.17, 15) is 4.79 Å². The molecule has 4 rings (SSSR count). The first kappa shape index (κ1) is 12.3. The number of hydrogen-bond donors (Lipinski definition) is 2. The molecule has 0 amide bonds. The van der Waals surface area contributed by atoms with Gasteiger partial charge in [0.1, 0.15) is 5.58 Å². The Kier molecular flexibility index (Phi) is 2.86. The maximum Gasteiger partial charge on any atom is 0.251 e. The lowest BCUT2D eigenvalue weighted by atomic mass is 10.2. The minimum Gasteiger partial charge on any atom is -0.453 e. The molecule has 0 radical (unpaired) electrons. The molecule has 1 aliphatic carbocycles. The third-order valence-electron chi connectivity index (χ3n) is 3.60. The van der Waals surface area contributed by atoms with Crippen LogP contribution in [-0.4, -0.2) is 16.0 Å². The maximum atomic E-state index is 11.8. The van der Waals surface area contributed by atoms with Gasteiger partial charge in [-0.3, -0.25) is 4.79 Å². The van der Waals surface area contributed by atoms with E-state index < -0.39 is 0 Å². The van der Waals surface area contributed by atoms with E-state index in [-0.39, 0.29) is 5.56 Å². The van der Waals surface area contributed by atoms with E-state index in [4.69, 9.17) is 4.42 Å². The molecule has 106 valence electrons. The zero-order valence-corrected chi connectivity index (χ0v) is 11.4. The van der Waals surface area contributed by atoms with Gasteiger partial charge in [-0.15, -0.1) is 0 Å². The fourth-order valence-electron chi connectivity index (χ4n) is 2.35. The van der Waals surface area contributed by atoms with Crippen LogP contribution in [0.4, 0.5) is 0 Å². The minimum atomic E-state index is -0.159. The van der Waals surface area contributed by atoms with E-state index in [1.165, 1.54) is 18.9 Å². The summed E-state index contributed by atoms with van der Waals surface area (Å²) < 4.78 is 5.75. The summed E-state index contributed by atoms with van der Waals surface area (Å²) in [5.74, 6) is 1.06. The number of aromatic amines is 1. The number of rotatable bonds is 4. The number of para-hydroxylation sites is 1. The lowest BCUT2D eigenvalue weighted by molar-refractivity contribution is 0.621. The van der Waals surface area contributed by atoms with E-state index in [0.717, 1.165) is 16.7 Å². The van der Waals surface area contributed by atoms with Crippen molar-refractivity contribution in [3.05, 3.63) is 52.4 Å². The Labute approximate surface area is 121 Å². The van der Waals surface area contributed by atoms with Crippen LogP contribution >= 0.6 is 0 Å². The van der Waals surface area contributed by atoms with E-state index in [0.29, 0.717) is 24.2 Å². The Balaban J connectivity index is 1.70. The van der Waals surface area contributed by atoms with Gasteiger partial charge < -0.3 is 14.7 Å². The zero-order chi connectivity index (χ0) is 14.2. The van der Waals surface area contributed by atoms with Crippen LogP contribution in [0.25, 0.3) is 22.6 Å². The average Bonchev–Trinajstić information content (AvgIpc) is 3.21. The highest BCUT2D eigenvalue weighted by atomic mass is 16.3. The zero-order valence-electron chi connectivity index (χ0n) is 11.4. The highest BCUT2D eigenvalue weighted by Gasteiger charge is 2.20. The van der Waals surface area contributed by atoms with Gasteiger partial charge in [0.05, 0.1) is 5.69 Å². The second kappa shape index (κ2) is 4.86. The summed E-state index contributed by atoms with van der Waals surface area (Å²) in [6.07, 6.45) is 2.42. The molecule has 0 atom stereocenters. The summed E-state index contributed by atoms with van der Waals surface area (Å²) >= 11 is 0. The quantitative estimate of drug-likeness (QED) is 0.770. The number of nitrogens with one attached hydrogen (secondary N) is 2. The van der Waals surface area contributed by atoms with Crippen molar-refractivity contribution in [2.45, 2.75) is 25.4 Å². The second-order valence-corrected chi connectivity index (χ2v) is 5.39. The summed E-state index contributed by atoms with van der Waals surface area (Å²) in [4.78, 5) is 19.0. The Hall–Kier alpha value is -2.40. The molecule has 1 aliphatic rings. The van der Waals surface area contributed by atoms with Crippen molar-refractivity contribution in [2.75, 3.05) is 0 Å². The van der Waals surface area contributed by atoms with Crippen LogP contribution in [0, 0.1) is 0 Å². The van der Waals surface area contributed by atoms with Gasteiger partial charge in [0, 0.05) is 24.0 Å². The van der Waals surface area contributed by atoms with Crippen LogP contribution in [0.15, 0.2) is 45.6 Å². The molecule has 2 N–H and O–H groups in total. The highest BCUT2D eigenvalue weighted by molar-refractivity contribution is 5.81. The molecule has 1 saturated carbocycles. The number of H-pyrrole nitrogens is 1. The molecule has 0 unspecified atom stereocenters. The molecule has 0 saturated heterocycles. The van der Waals surface area contributed by atoms with Crippen molar-refractivity contribution in [3.63, 3.8) is 0 Å². The standard InChI is InChI=1S/C16H15N3O2/c20-15-8-12(9-17-11-5-6-11)18-16(19-15)14-7-10-3-1-2-4-13(10)21-14/h1-4,7-8,11,17H,5-6,9H2,(H,18,19,20). The van der Waals surface area contributed by atoms with Crippen molar-refractivity contribution in [1.29, 1.82) is 0 Å². The Morgan fingerprint density at radius 2 is 2.14 bits per heavy atom. The molecular weight excluding hydrogens is 266 g/mol. The number of benzene rings is 1. The fraction of sp³-hybridized carbons (Fsp3) is 0.250. The molecule has 0 aliphatic heterocycles. The van der Waals surface area contributed by atoms with E-state index in [1.54, 1.807) is 0 Å². The molecule has 2 aromatic heterocycles. The van der Waals surface area contributed by atoms with Crippen LogP contribution in [0.3, 0.4) is 0 Å². The number of fused-ring (bicyclic) bond motifs is 1. The predicted octanol–water partition coefficient (Wildman–Crippen LogP) is 2.44. The smallest absolute Gasteiger partial charge is 0.251 e. The van der Waals surface area contributed by atoms with E-state index >= 15 is 0 Å². The SMILES string of the molecule is O=c1cc(CNC2CC2)nc(-c2cc3ccccc3o2)[nH]1. The number of hydrogen-bond acceptors (Lipinski definition) is 4. The van der Waals surface area contributed by atoms with Gasteiger partial charge in [-0.05, 0) is 25.0 Å². The van der Waals surface area contributed by atoms with Gasteiger partial charge in [-0.25, -0.2) is 4.98 Å². The number of aromatic nitrogens is 2. The van der Waals surface area contributed by atoms with Crippen LogP contribution < -0.4 is 10.9 Å². The lowest BCUT2D eigenvalue weighted by Gasteiger charge is -2.03. The molecule has 2 heterocycles. The average molecular weight is 281 g/mol. The van der Waals surface area contributed by atoms with Gasteiger partial charge in [0.25, 0.3) is 5.56 Å². The first-order valence-corrected chi connectivity index (χ1v) is 7.10. The van der Waals surface area contributed by atoms with E-state index in [1.807, 2.05) is 30.3 Å². The number of furan rings is 1. The van der Waals surface area contributed by atoms with Gasteiger partial charge >= 0.3 is 0 Å². The Morgan fingerprint density at radius 1 is 1.29 bits per heavy atom. The molecule has 3 aromatic rings. The molecule has 5 heteroatoms. The monoisotopic (exact) mass is 281 g/mol. The summed E-state index contributed by atoms with van der Waals surface area (Å²) in [6, 6.07) is 11.7. The highest BCUT2D eigenvalue weighted by Crippen LogP contribution is 2.25. The Bertz CT molecular complexity index is 813. The number of nitrogens with zero attached hydrogens (tertiary/aromatic N) is 1. The van der Waals surface area contributed by atoms with Crippen LogP contribution in [0.1, 0.15) is 18.5 Å². The van der Waals surface area contributed by atoms with Crippen molar-refractivity contribution >= 4 is 11.0 Å². The first-order chi connectivity index (χ1) is 10.3. The molecule has 1 aromatic carbocycles. The first-order valence-electron chi connectivity index (χ1n) is 7.10. The van der Waals surface area contributed by atoms with Crippen molar-refractivity contribution in [1.82, 2.24) is 15.3 Å². The fourth-order valence-corrected chi connectivity index (χ4v) is 2.35. The van der Waals surface area contributed by atoms with Gasteiger partial charge in [-0.1, -0.05) is 18.2 Å². The van der Waals surface area contributed by atoms with E-state index in [2.05, 4.69) is 15.3 Å². The summed E-state index contributed by atoms with van der Waals surface area (Å²) in [5, 5.41) is 4.36. The lowest BCUT2D eigenvalue weighted by Crippen LogP contribution is -2.19. The maximum absolute atomic E-state index is 11.8. The van der Waals surface area contributed by atoms with Gasteiger partial charge in [0.2, 0.25) is 0 Å². The summed E-state index contributed by atoms with van der Waals surface area (Å²) in [7, 11) is 0. The predicted molar refractivity (Wildman–Crippen MR) is 79.9 cm³/mol. The molecule has 5 nitrogen and oxygen atoms in total. The molecule has 0 bridgehead atoms. The topological polar surface area (TPSA) is 70.9 Å². The summed E-state index contributed by atoms with van der Waals surface area (Å²) in [6.45, 7) is 0.613. The Morgan fingerprint density at radius 3 is 2.95 bits per heavy atom. The van der Waals surface area contributed by atoms with Crippen molar-refractivity contribution in [2.24, 2.45) is 0 Å². The normalized spacial score (nSPS) is 14.7. The second-order valence-electron chi connectivity index (χ2n) is 5.39. The minimum absolute atomic E-state index is 0.159. The third-order valence-corrected chi connectivity index (χ3v) is 3.60. The van der Waals surface area contributed by atoms with Crippen molar-refractivity contribution in [3.8, 4) is 11.6 Å². The summed E-state index contributed by atoms with van der Waals surface area (Å²) in [5.41, 5.74) is 1.37. The van der Waals surface area contributed by atoms with Crippen molar-refractivity contribution < 1.29 is 4.42 Å². The van der Waals surface area contributed by atoms with Crippen LogP contribution in [0.2, 0.25) is 0 Å². The molecule has 1 fully saturated rings. The molecular formula is C16H15N3O2. The van der Waals surface area contributed by atoms with Gasteiger partial charge in [0.15, 0.2) is 11.6 Å².